The van der Waals surface area contributed by atoms with Gasteiger partial charge in [0, 0.05) is 6.54 Å². The van der Waals surface area contributed by atoms with Crippen LogP contribution in [0.2, 0.25) is 0 Å². The van der Waals surface area contributed by atoms with Crippen LogP contribution < -0.4 is 10.6 Å². The van der Waals surface area contributed by atoms with Crippen molar-refractivity contribution in [2.24, 2.45) is 0 Å². The Morgan fingerprint density at radius 2 is 2.14 bits per heavy atom. The molecule has 0 aromatic heterocycles. The van der Waals surface area contributed by atoms with E-state index in [-0.39, 0.29) is 0 Å². The summed E-state index contributed by atoms with van der Waals surface area (Å²) in [5.41, 5.74) is 0. The fraction of sp³-hybridized carbons (Fsp3) is 0.625. The van der Waals surface area contributed by atoms with Crippen LogP contribution in [-0.4, -0.2) is 38.5 Å². The van der Waals surface area contributed by atoms with Gasteiger partial charge in [0.2, 0.25) is 12.8 Å². The van der Waals surface area contributed by atoms with Crippen molar-refractivity contribution in [3.63, 3.8) is 0 Å². The van der Waals surface area contributed by atoms with Gasteiger partial charge in [-0.25, -0.2) is 4.79 Å². The zero-order valence-electron chi connectivity index (χ0n) is 7.99. The van der Waals surface area contributed by atoms with Crippen LogP contribution in [0.5, 0.6) is 0 Å². The van der Waals surface area contributed by atoms with Crippen molar-refractivity contribution < 1.29 is 19.1 Å². The molecule has 0 aliphatic rings. The zero-order chi connectivity index (χ0) is 10.8. The summed E-state index contributed by atoms with van der Waals surface area (Å²) < 4.78 is 4.47. The molecule has 6 nitrogen and oxygen atoms in total. The van der Waals surface area contributed by atoms with Crippen molar-refractivity contribution in [2.75, 3.05) is 13.7 Å². The van der Waals surface area contributed by atoms with E-state index in [1.807, 2.05) is 0 Å². The first-order valence-electron chi connectivity index (χ1n) is 4.20. The van der Waals surface area contributed by atoms with Gasteiger partial charge < -0.3 is 15.4 Å². The van der Waals surface area contributed by atoms with Gasteiger partial charge in [-0.05, 0) is 12.8 Å². The minimum absolute atomic E-state index is 0.437. The Balaban J connectivity index is 3.78. The van der Waals surface area contributed by atoms with E-state index in [2.05, 4.69) is 15.4 Å². The molecule has 0 spiro atoms. The Morgan fingerprint density at radius 3 is 2.64 bits per heavy atom. The Bertz CT molecular complexity index is 196. The molecule has 6 heteroatoms. The van der Waals surface area contributed by atoms with Crippen molar-refractivity contribution in [3.05, 3.63) is 0 Å². The Morgan fingerprint density at radius 1 is 1.43 bits per heavy atom. The van der Waals surface area contributed by atoms with Crippen molar-refractivity contribution in [3.8, 4) is 0 Å². The summed E-state index contributed by atoms with van der Waals surface area (Å²) >= 11 is 0. The number of rotatable bonds is 8. The highest BCUT2D eigenvalue weighted by Crippen LogP contribution is 1.97. The molecule has 0 saturated heterocycles. The van der Waals surface area contributed by atoms with Crippen LogP contribution in [0.1, 0.15) is 12.8 Å². The van der Waals surface area contributed by atoms with E-state index in [0.717, 1.165) is 0 Å². The number of esters is 1. The van der Waals surface area contributed by atoms with Crippen LogP contribution in [0.25, 0.3) is 0 Å². The van der Waals surface area contributed by atoms with Gasteiger partial charge in [-0.15, -0.1) is 0 Å². The Labute approximate surface area is 82.0 Å². The smallest absolute Gasteiger partial charge is 0.328 e. The molecule has 80 valence electrons. The highest BCUT2D eigenvalue weighted by molar-refractivity contribution is 5.77. The van der Waals surface area contributed by atoms with Crippen molar-refractivity contribution in [2.45, 2.75) is 18.9 Å². The number of nitrogens with one attached hydrogen (secondary N) is 2. The average Bonchev–Trinajstić information content (AvgIpc) is 2.21. The second kappa shape index (κ2) is 8.03. The molecule has 2 N–H and O–H groups in total. The van der Waals surface area contributed by atoms with Crippen LogP contribution in [0.3, 0.4) is 0 Å². The topological polar surface area (TPSA) is 84.5 Å². The van der Waals surface area contributed by atoms with E-state index in [4.69, 9.17) is 0 Å². The largest absolute Gasteiger partial charge is 0.467 e. The Kier molecular flexibility index (Phi) is 7.12. The fourth-order valence-electron chi connectivity index (χ4n) is 0.961. The number of ether oxygens (including phenoxy) is 1. The standard InChI is InChI=1S/C8H14N2O4/c1-14-8(13)7(10-6-12)3-2-4-9-5-11/h5-7H,2-4H2,1H3,(H,9,11)(H,10,12). The van der Waals surface area contributed by atoms with Gasteiger partial charge in [-0.3, -0.25) is 9.59 Å². The van der Waals surface area contributed by atoms with E-state index in [1.165, 1.54) is 7.11 Å². The molecule has 0 aliphatic carbocycles. The van der Waals surface area contributed by atoms with Gasteiger partial charge >= 0.3 is 5.97 Å². The maximum Gasteiger partial charge on any atom is 0.328 e. The molecule has 0 aromatic rings. The fourth-order valence-corrected chi connectivity index (χ4v) is 0.961. The summed E-state index contributed by atoms with van der Waals surface area (Å²) in [6.07, 6.45) is 2.07. The van der Waals surface area contributed by atoms with Crippen LogP contribution >= 0.6 is 0 Å². The summed E-state index contributed by atoms with van der Waals surface area (Å²) in [5, 5.41) is 4.79. The normalized spacial score (nSPS) is 11.2. The van der Waals surface area contributed by atoms with E-state index in [1.54, 1.807) is 0 Å². The quantitative estimate of drug-likeness (QED) is 0.294. The highest BCUT2D eigenvalue weighted by atomic mass is 16.5. The molecular weight excluding hydrogens is 188 g/mol. The third-order valence-corrected chi connectivity index (χ3v) is 1.65. The molecule has 0 fully saturated rings. The molecule has 0 aromatic carbocycles. The monoisotopic (exact) mass is 202 g/mol. The summed E-state index contributed by atoms with van der Waals surface area (Å²) in [5.74, 6) is -0.483. The molecule has 0 bridgehead atoms. The molecular formula is C8H14N2O4. The minimum atomic E-state index is -0.633. The van der Waals surface area contributed by atoms with Crippen molar-refractivity contribution >= 4 is 18.8 Å². The molecule has 0 radical (unpaired) electrons. The lowest BCUT2D eigenvalue weighted by Gasteiger charge is -2.12. The predicted molar refractivity (Wildman–Crippen MR) is 48.3 cm³/mol. The molecule has 0 heterocycles. The van der Waals surface area contributed by atoms with Crippen LogP contribution in [0.4, 0.5) is 0 Å². The van der Waals surface area contributed by atoms with Gasteiger partial charge in [-0.1, -0.05) is 0 Å². The van der Waals surface area contributed by atoms with E-state index >= 15 is 0 Å². The lowest BCUT2D eigenvalue weighted by atomic mass is 10.1. The number of hydrogen-bond acceptors (Lipinski definition) is 4. The van der Waals surface area contributed by atoms with Crippen LogP contribution in [-0.2, 0) is 19.1 Å². The SMILES string of the molecule is COC(=O)C(CCCNC=O)NC=O. The number of methoxy groups -OCH3 is 1. The van der Waals surface area contributed by atoms with Gasteiger partial charge in [0.25, 0.3) is 0 Å². The number of carbonyl (C=O) groups is 3. The first-order valence-corrected chi connectivity index (χ1v) is 4.20. The van der Waals surface area contributed by atoms with E-state index < -0.39 is 12.0 Å². The maximum atomic E-state index is 11.0. The first kappa shape index (κ1) is 12.4. The van der Waals surface area contributed by atoms with Crippen LogP contribution in [0, 0.1) is 0 Å². The first-order chi connectivity index (χ1) is 6.76. The van der Waals surface area contributed by atoms with Gasteiger partial charge in [0.15, 0.2) is 0 Å². The summed E-state index contributed by atoms with van der Waals surface area (Å²) in [7, 11) is 1.26. The summed E-state index contributed by atoms with van der Waals surface area (Å²) in [6.45, 7) is 0.470. The average molecular weight is 202 g/mol. The second-order valence-corrected chi connectivity index (χ2v) is 2.57. The van der Waals surface area contributed by atoms with Gasteiger partial charge in [0.1, 0.15) is 6.04 Å². The van der Waals surface area contributed by atoms with Gasteiger partial charge in [-0.2, -0.15) is 0 Å². The summed E-state index contributed by atoms with van der Waals surface area (Å²) in [6, 6.07) is -0.633. The molecule has 14 heavy (non-hydrogen) atoms. The number of carbonyl (C=O) groups excluding carboxylic acids is 3. The molecule has 0 saturated carbocycles. The molecule has 1 atom stereocenters. The van der Waals surface area contributed by atoms with Crippen LogP contribution in [0.15, 0.2) is 0 Å². The van der Waals surface area contributed by atoms with E-state index in [9.17, 15) is 14.4 Å². The summed E-state index contributed by atoms with van der Waals surface area (Å²) in [4.78, 5) is 31.1. The van der Waals surface area contributed by atoms with Gasteiger partial charge in [0.05, 0.1) is 7.11 Å². The molecule has 0 aliphatic heterocycles. The maximum absolute atomic E-state index is 11.0. The molecule has 0 rings (SSSR count). The molecule has 1 unspecified atom stereocenters. The lowest BCUT2D eigenvalue weighted by Crippen LogP contribution is -2.37. The van der Waals surface area contributed by atoms with E-state index in [0.29, 0.717) is 32.2 Å². The Hall–Kier alpha value is -1.59. The number of amides is 2. The number of hydrogen-bond donors (Lipinski definition) is 2. The third-order valence-electron chi connectivity index (χ3n) is 1.65. The minimum Gasteiger partial charge on any atom is -0.467 e. The predicted octanol–water partition coefficient (Wildman–Crippen LogP) is -1.20. The van der Waals surface area contributed by atoms with Crippen molar-refractivity contribution in [1.82, 2.24) is 10.6 Å². The zero-order valence-corrected chi connectivity index (χ0v) is 7.99. The third kappa shape index (κ3) is 5.13. The molecule has 2 amide bonds. The van der Waals surface area contributed by atoms with Crippen molar-refractivity contribution in [1.29, 1.82) is 0 Å². The highest BCUT2D eigenvalue weighted by Gasteiger charge is 2.16. The lowest BCUT2D eigenvalue weighted by molar-refractivity contribution is -0.144. The second-order valence-electron chi connectivity index (χ2n) is 2.57.